The van der Waals surface area contributed by atoms with E-state index in [2.05, 4.69) is 20.8 Å². The van der Waals surface area contributed by atoms with Crippen molar-refractivity contribution in [3.8, 4) is 16.3 Å². The summed E-state index contributed by atoms with van der Waals surface area (Å²) in [7, 11) is 1.60. The van der Waals surface area contributed by atoms with Gasteiger partial charge < -0.3 is 10.1 Å². The second kappa shape index (κ2) is 8.41. The fraction of sp³-hybridized carbons (Fsp3) is 0.158. The molecule has 0 saturated heterocycles. The Bertz CT molecular complexity index is 926. The zero-order chi connectivity index (χ0) is 19.2. The highest BCUT2D eigenvalue weighted by Gasteiger charge is 2.18. The normalized spacial score (nSPS) is 11.5. The maximum Gasteiger partial charge on any atom is 0.251 e. The molecule has 2 amide bonds. The van der Waals surface area contributed by atoms with Gasteiger partial charge in [0.05, 0.1) is 7.11 Å². The summed E-state index contributed by atoms with van der Waals surface area (Å²) >= 11 is 1.25. The molecule has 2 aromatic carbocycles. The summed E-state index contributed by atoms with van der Waals surface area (Å²) in [4.78, 5) is 24.4. The van der Waals surface area contributed by atoms with Crippen LogP contribution in [0, 0.1) is 0 Å². The fourth-order valence-electron chi connectivity index (χ4n) is 2.27. The maximum absolute atomic E-state index is 12.3. The molecule has 0 fully saturated rings. The van der Waals surface area contributed by atoms with Gasteiger partial charge in [-0.05, 0) is 43.3 Å². The van der Waals surface area contributed by atoms with Crippen molar-refractivity contribution in [2.24, 2.45) is 0 Å². The van der Waals surface area contributed by atoms with Gasteiger partial charge in [-0.25, -0.2) is 0 Å². The fourth-order valence-corrected chi connectivity index (χ4v) is 3.02. The molecular weight excluding hydrogens is 364 g/mol. The third-order valence-electron chi connectivity index (χ3n) is 3.77. The van der Waals surface area contributed by atoms with Crippen molar-refractivity contribution < 1.29 is 14.3 Å². The molecule has 27 heavy (non-hydrogen) atoms. The highest BCUT2D eigenvalue weighted by Crippen LogP contribution is 2.27. The molecule has 0 aliphatic rings. The van der Waals surface area contributed by atoms with Crippen molar-refractivity contribution >= 4 is 28.3 Å². The van der Waals surface area contributed by atoms with Crippen LogP contribution in [0.5, 0.6) is 5.75 Å². The van der Waals surface area contributed by atoms with Gasteiger partial charge in [0.25, 0.3) is 5.91 Å². The molecule has 0 saturated carbocycles. The van der Waals surface area contributed by atoms with E-state index in [1.807, 2.05) is 30.3 Å². The van der Waals surface area contributed by atoms with Gasteiger partial charge in [-0.15, -0.1) is 10.2 Å². The average Bonchev–Trinajstić information content (AvgIpc) is 3.17. The highest BCUT2D eigenvalue weighted by molar-refractivity contribution is 7.18. The number of amides is 2. The van der Waals surface area contributed by atoms with Crippen LogP contribution < -0.4 is 15.4 Å². The van der Waals surface area contributed by atoms with Crippen LogP contribution in [0.25, 0.3) is 10.6 Å². The Morgan fingerprint density at radius 3 is 2.41 bits per heavy atom. The first-order chi connectivity index (χ1) is 13.1. The molecule has 2 N–H and O–H groups in total. The van der Waals surface area contributed by atoms with Crippen molar-refractivity contribution in [2.75, 3.05) is 12.4 Å². The molecule has 3 rings (SSSR count). The Labute approximate surface area is 160 Å². The molecule has 0 aliphatic heterocycles. The summed E-state index contributed by atoms with van der Waals surface area (Å²) in [6.45, 7) is 1.61. The lowest BCUT2D eigenvalue weighted by Crippen LogP contribution is -2.41. The number of nitrogens with zero attached hydrogens (tertiary/aromatic N) is 2. The van der Waals surface area contributed by atoms with Gasteiger partial charge in [-0.3, -0.25) is 14.9 Å². The van der Waals surface area contributed by atoms with Crippen LogP contribution in [0.4, 0.5) is 5.13 Å². The lowest BCUT2D eigenvalue weighted by Gasteiger charge is -2.12. The smallest absolute Gasteiger partial charge is 0.251 e. The van der Waals surface area contributed by atoms with Gasteiger partial charge in [-0.2, -0.15) is 0 Å². The number of anilines is 1. The zero-order valence-corrected chi connectivity index (χ0v) is 15.6. The summed E-state index contributed by atoms with van der Waals surface area (Å²) in [5.41, 5.74) is 1.37. The number of hydrogen-bond acceptors (Lipinski definition) is 6. The number of nitrogens with one attached hydrogen (secondary N) is 2. The number of hydrogen-bond donors (Lipinski definition) is 2. The van der Waals surface area contributed by atoms with Crippen LogP contribution >= 0.6 is 11.3 Å². The minimum absolute atomic E-state index is 0.311. The Balaban J connectivity index is 1.60. The van der Waals surface area contributed by atoms with Crippen molar-refractivity contribution in [1.82, 2.24) is 15.5 Å². The molecule has 1 heterocycles. The van der Waals surface area contributed by atoms with Crippen LogP contribution in [-0.4, -0.2) is 35.2 Å². The van der Waals surface area contributed by atoms with Crippen molar-refractivity contribution in [3.05, 3.63) is 60.2 Å². The summed E-state index contributed by atoms with van der Waals surface area (Å²) in [6, 6.07) is 15.4. The quantitative estimate of drug-likeness (QED) is 0.684. The summed E-state index contributed by atoms with van der Waals surface area (Å²) in [5.74, 6) is 0.0749. The molecular formula is C19H18N4O3S. The summed E-state index contributed by atoms with van der Waals surface area (Å²) in [6.07, 6.45) is 0. The number of rotatable bonds is 6. The van der Waals surface area contributed by atoms with Gasteiger partial charge >= 0.3 is 0 Å². The Hall–Kier alpha value is -3.26. The monoisotopic (exact) mass is 382 g/mol. The zero-order valence-electron chi connectivity index (χ0n) is 14.8. The molecule has 3 aromatic rings. The van der Waals surface area contributed by atoms with Crippen LogP contribution in [-0.2, 0) is 4.79 Å². The Kier molecular flexibility index (Phi) is 5.77. The number of carbonyl (C=O) groups is 2. The average molecular weight is 382 g/mol. The predicted octanol–water partition coefficient (Wildman–Crippen LogP) is 2.97. The standard InChI is InChI=1S/C19H18N4O3S/c1-12(20-17(25)13-6-4-3-5-7-13)16(24)21-19-23-22-18(27-19)14-8-10-15(26-2)11-9-14/h3-12H,1-2H3,(H,20,25)(H,21,23,24)/t12-/m1/s1. The Morgan fingerprint density at radius 2 is 1.74 bits per heavy atom. The van der Waals surface area contributed by atoms with Crippen molar-refractivity contribution in [3.63, 3.8) is 0 Å². The van der Waals surface area contributed by atoms with E-state index >= 15 is 0 Å². The number of carbonyl (C=O) groups excluding carboxylic acids is 2. The lowest BCUT2D eigenvalue weighted by atomic mass is 10.2. The molecule has 0 aliphatic carbocycles. The van der Waals surface area contributed by atoms with Crippen LogP contribution in [0.2, 0.25) is 0 Å². The van der Waals surface area contributed by atoms with E-state index in [-0.39, 0.29) is 11.8 Å². The second-order valence-corrected chi connectivity index (χ2v) is 6.67. The molecule has 0 bridgehead atoms. The topological polar surface area (TPSA) is 93.2 Å². The van der Waals surface area contributed by atoms with Crippen LogP contribution in [0.15, 0.2) is 54.6 Å². The summed E-state index contributed by atoms with van der Waals surface area (Å²) < 4.78 is 5.13. The van der Waals surface area contributed by atoms with Gasteiger partial charge in [0.1, 0.15) is 16.8 Å². The predicted molar refractivity (Wildman–Crippen MR) is 104 cm³/mol. The van der Waals surface area contributed by atoms with E-state index in [4.69, 9.17) is 4.74 Å². The molecule has 0 radical (unpaired) electrons. The number of aromatic nitrogens is 2. The van der Waals surface area contributed by atoms with E-state index in [1.165, 1.54) is 11.3 Å². The highest BCUT2D eigenvalue weighted by atomic mass is 32.1. The molecule has 138 valence electrons. The number of ether oxygens (including phenoxy) is 1. The van der Waals surface area contributed by atoms with Gasteiger partial charge in [0.2, 0.25) is 11.0 Å². The van der Waals surface area contributed by atoms with Crippen LogP contribution in [0.1, 0.15) is 17.3 Å². The van der Waals surface area contributed by atoms with Gasteiger partial charge in [0.15, 0.2) is 0 Å². The van der Waals surface area contributed by atoms with Gasteiger partial charge in [-0.1, -0.05) is 29.5 Å². The van der Waals surface area contributed by atoms with E-state index in [0.29, 0.717) is 15.7 Å². The second-order valence-electron chi connectivity index (χ2n) is 5.69. The number of methoxy groups -OCH3 is 1. The SMILES string of the molecule is COc1ccc(-c2nnc(NC(=O)[C@@H](C)NC(=O)c3ccccc3)s2)cc1. The maximum atomic E-state index is 12.3. The third kappa shape index (κ3) is 4.68. The minimum Gasteiger partial charge on any atom is -0.497 e. The first-order valence-corrected chi connectivity index (χ1v) is 9.03. The first-order valence-electron chi connectivity index (χ1n) is 8.21. The van der Waals surface area contributed by atoms with E-state index in [9.17, 15) is 9.59 Å². The first kappa shape index (κ1) is 18.5. The molecule has 8 heteroatoms. The molecule has 1 atom stereocenters. The lowest BCUT2D eigenvalue weighted by molar-refractivity contribution is -0.117. The minimum atomic E-state index is -0.717. The molecule has 0 unspecified atom stereocenters. The largest absolute Gasteiger partial charge is 0.497 e. The van der Waals surface area contributed by atoms with E-state index < -0.39 is 6.04 Å². The summed E-state index contributed by atoms with van der Waals surface area (Å²) in [5, 5.41) is 14.5. The number of benzene rings is 2. The Morgan fingerprint density at radius 1 is 1.04 bits per heavy atom. The van der Waals surface area contributed by atoms with E-state index in [0.717, 1.165) is 11.3 Å². The van der Waals surface area contributed by atoms with Gasteiger partial charge in [0, 0.05) is 11.1 Å². The van der Waals surface area contributed by atoms with Crippen LogP contribution in [0.3, 0.4) is 0 Å². The third-order valence-corrected chi connectivity index (χ3v) is 4.66. The molecule has 1 aromatic heterocycles. The van der Waals surface area contributed by atoms with Crippen molar-refractivity contribution in [2.45, 2.75) is 13.0 Å². The van der Waals surface area contributed by atoms with Crippen molar-refractivity contribution in [1.29, 1.82) is 0 Å². The van der Waals surface area contributed by atoms with E-state index in [1.54, 1.807) is 38.3 Å². The molecule has 7 nitrogen and oxygen atoms in total. The molecule has 0 spiro atoms.